The maximum Gasteiger partial charge on any atom is 0.309 e. The Labute approximate surface area is 103 Å². The van der Waals surface area contributed by atoms with E-state index in [0.29, 0.717) is 13.0 Å². The van der Waals surface area contributed by atoms with Gasteiger partial charge in [-0.15, -0.1) is 0 Å². The lowest BCUT2D eigenvalue weighted by atomic mass is 10.2. The number of hydrogen-bond acceptors (Lipinski definition) is 2. The molecule has 1 aromatic rings. The number of carbonyl (C=O) groups is 1. The van der Waals surface area contributed by atoms with Gasteiger partial charge in [-0.2, -0.15) is 0 Å². The fraction of sp³-hybridized carbons (Fsp3) is 0.267. The van der Waals surface area contributed by atoms with Crippen LogP contribution in [-0.4, -0.2) is 12.6 Å². The Morgan fingerprint density at radius 3 is 2.59 bits per heavy atom. The maximum absolute atomic E-state index is 11.3. The van der Waals surface area contributed by atoms with Gasteiger partial charge in [0, 0.05) is 0 Å². The standard InChI is InChI=1S/C15H18O2/c1-13(2)11-12-17-15(16)10-6-9-14-7-4-3-5-8-14/h3-9,11H,10,12H2,1-2H3/b9-6+. The summed E-state index contributed by atoms with van der Waals surface area (Å²) in [6.07, 6.45) is 5.94. The van der Waals surface area contributed by atoms with Gasteiger partial charge in [-0.1, -0.05) is 48.1 Å². The first kappa shape index (κ1) is 13.2. The van der Waals surface area contributed by atoms with Crippen molar-refractivity contribution in [2.24, 2.45) is 0 Å². The Hall–Kier alpha value is -1.83. The summed E-state index contributed by atoms with van der Waals surface area (Å²) in [5.41, 5.74) is 2.24. The molecule has 0 N–H and O–H groups in total. The van der Waals surface area contributed by atoms with E-state index in [0.717, 1.165) is 11.1 Å². The number of hydrogen-bond donors (Lipinski definition) is 0. The lowest BCUT2D eigenvalue weighted by molar-refractivity contribution is -0.141. The van der Waals surface area contributed by atoms with E-state index in [2.05, 4.69) is 0 Å². The molecule has 0 aliphatic rings. The molecule has 0 saturated carbocycles. The van der Waals surface area contributed by atoms with Crippen LogP contribution in [0, 0.1) is 0 Å². The molecule has 0 spiro atoms. The maximum atomic E-state index is 11.3. The number of ether oxygens (including phenoxy) is 1. The second-order valence-corrected chi connectivity index (χ2v) is 3.98. The van der Waals surface area contributed by atoms with Crippen molar-refractivity contribution in [1.82, 2.24) is 0 Å². The molecule has 17 heavy (non-hydrogen) atoms. The van der Waals surface area contributed by atoms with Crippen LogP contribution < -0.4 is 0 Å². The van der Waals surface area contributed by atoms with Crippen molar-refractivity contribution in [2.45, 2.75) is 20.3 Å². The van der Waals surface area contributed by atoms with Crippen LogP contribution >= 0.6 is 0 Å². The molecule has 0 radical (unpaired) electrons. The second kappa shape index (κ2) is 7.44. The van der Waals surface area contributed by atoms with Gasteiger partial charge in [-0.05, 0) is 25.5 Å². The molecular formula is C15H18O2. The van der Waals surface area contributed by atoms with Gasteiger partial charge in [0.1, 0.15) is 6.61 Å². The number of carbonyl (C=O) groups excluding carboxylic acids is 1. The normalized spacial score (nSPS) is 10.2. The van der Waals surface area contributed by atoms with Crippen LogP contribution in [0.15, 0.2) is 48.1 Å². The van der Waals surface area contributed by atoms with Gasteiger partial charge in [0.05, 0.1) is 6.42 Å². The van der Waals surface area contributed by atoms with Crippen molar-refractivity contribution in [3.05, 3.63) is 53.6 Å². The first-order chi connectivity index (χ1) is 8.18. The van der Waals surface area contributed by atoms with Gasteiger partial charge in [0.15, 0.2) is 0 Å². The third kappa shape index (κ3) is 6.36. The Morgan fingerprint density at radius 2 is 1.94 bits per heavy atom. The summed E-state index contributed by atoms with van der Waals surface area (Å²) in [6.45, 7) is 4.31. The molecule has 1 aromatic carbocycles. The van der Waals surface area contributed by atoms with Crippen LogP contribution in [-0.2, 0) is 9.53 Å². The van der Waals surface area contributed by atoms with Crippen molar-refractivity contribution in [3.63, 3.8) is 0 Å². The predicted molar refractivity (Wildman–Crippen MR) is 70.5 cm³/mol. The molecule has 1 rings (SSSR count). The van der Waals surface area contributed by atoms with E-state index in [4.69, 9.17) is 4.74 Å². The minimum atomic E-state index is -0.199. The molecule has 2 nitrogen and oxygen atoms in total. The van der Waals surface area contributed by atoms with Crippen LogP contribution in [0.3, 0.4) is 0 Å². The van der Waals surface area contributed by atoms with E-state index < -0.39 is 0 Å². The average Bonchev–Trinajstić information content (AvgIpc) is 2.30. The van der Waals surface area contributed by atoms with Crippen LogP contribution in [0.25, 0.3) is 6.08 Å². The summed E-state index contributed by atoms with van der Waals surface area (Å²) in [6, 6.07) is 9.88. The molecule has 2 heteroatoms. The van der Waals surface area contributed by atoms with E-state index in [-0.39, 0.29) is 5.97 Å². The zero-order valence-corrected chi connectivity index (χ0v) is 10.3. The fourth-order valence-corrected chi connectivity index (χ4v) is 1.22. The number of benzene rings is 1. The minimum absolute atomic E-state index is 0.199. The Bertz CT molecular complexity index is 398. The van der Waals surface area contributed by atoms with Crippen molar-refractivity contribution in [1.29, 1.82) is 0 Å². The van der Waals surface area contributed by atoms with E-state index in [9.17, 15) is 4.79 Å². The molecule has 0 heterocycles. The van der Waals surface area contributed by atoms with Crippen molar-refractivity contribution < 1.29 is 9.53 Å². The second-order valence-electron chi connectivity index (χ2n) is 3.98. The third-order valence-corrected chi connectivity index (χ3v) is 2.13. The highest BCUT2D eigenvalue weighted by molar-refractivity contribution is 5.72. The van der Waals surface area contributed by atoms with E-state index in [1.54, 1.807) is 0 Å². The topological polar surface area (TPSA) is 26.3 Å². The molecule has 90 valence electrons. The summed E-state index contributed by atoms with van der Waals surface area (Å²) in [5, 5.41) is 0. The SMILES string of the molecule is CC(C)=CCOC(=O)C/C=C/c1ccccc1. The van der Waals surface area contributed by atoms with Crippen molar-refractivity contribution in [3.8, 4) is 0 Å². The summed E-state index contributed by atoms with van der Waals surface area (Å²) < 4.78 is 5.02. The Morgan fingerprint density at radius 1 is 1.24 bits per heavy atom. The molecule has 0 unspecified atom stereocenters. The van der Waals surface area contributed by atoms with E-state index >= 15 is 0 Å². The van der Waals surface area contributed by atoms with Gasteiger partial charge in [0.25, 0.3) is 0 Å². The van der Waals surface area contributed by atoms with Gasteiger partial charge in [-0.25, -0.2) is 0 Å². The third-order valence-electron chi connectivity index (χ3n) is 2.13. The fourth-order valence-electron chi connectivity index (χ4n) is 1.22. The van der Waals surface area contributed by atoms with Gasteiger partial charge >= 0.3 is 5.97 Å². The van der Waals surface area contributed by atoms with Crippen molar-refractivity contribution >= 4 is 12.0 Å². The monoisotopic (exact) mass is 230 g/mol. The molecule has 0 bridgehead atoms. The summed E-state index contributed by atoms with van der Waals surface area (Å²) in [4.78, 5) is 11.3. The Kier molecular flexibility index (Phi) is 5.80. The molecule has 0 atom stereocenters. The molecule has 0 fully saturated rings. The lowest BCUT2D eigenvalue weighted by Gasteiger charge is -1.99. The molecule has 0 aliphatic carbocycles. The average molecular weight is 230 g/mol. The minimum Gasteiger partial charge on any atom is -0.461 e. The summed E-state index contributed by atoms with van der Waals surface area (Å²) in [5.74, 6) is -0.199. The largest absolute Gasteiger partial charge is 0.461 e. The molecular weight excluding hydrogens is 212 g/mol. The van der Waals surface area contributed by atoms with Gasteiger partial charge < -0.3 is 4.74 Å². The van der Waals surface area contributed by atoms with Crippen LogP contribution in [0.2, 0.25) is 0 Å². The zero-order chi connectivity index (χ0) is 12.5. The number of rotatable bonds is 5. The van der Waals surface area contributed by atoms with Crippen molar-refractivity contribution in [2.75, 3.05) is 6.61 Å². The van der Waals surface area contributed by atoms with E-state index in [1.807, 2.05) is 62.4 Å². The molecule has 0 aromatic heterocycles. The van der Waals surface area contributed by atoms with Gasteiger partial charge in [0.2, 0.25) is 0 Å². The lowest BCUT2D eigenvalue weighted by Crippen LogP contribution is -2.02. The molecule has 0 aliphatic heterocycles. The van der Waals surface area contributed by atoms with E-state index in [1.165, 1.54) is 0 Å². The Balaban J connectivity index is 2.29. The summed E-state index contributed by atoms with van der Waals surface area (Å²) in [7, 11) is 0. The highest BCUT2D eigenvalue weighted by Gasteiger charge is 1.97. The smallest absolute Gasteiger partial charge is 0.309 e. The highest BCUT2D eigenvalue weighted by atomic mass is 16.5. The summed E-state index contributed by atoms with van der Waals surface area (Å²) >= 11 is 0. The first-order valence-electron chi connectivity index (χ1n) is 5.69. The highest BCUT2D eigenvalue weighted by Crippen LogP contribution is 2.02. The number of allylic oxidation sites excluding steroid dienone is 1. The van der Waals surface area contributed by atoms with Crippen LogP contribution in [0.1, 0.15) is 25.8 Å². The van der Waals surface area contributed by atoms with Crippen LogP contribution in [0.4, 0.5) is 0 Å². The van der Waals surface area contributed by atoms with Crippen LogP contribution in [0.5, 0.6) is 0 Å². The number of esters is 1. The molecule has 0 amide bonds. The zero-order valence-electron chi connectivity index (χ0n) is 10.3. The quantitative estimate of drug-likeness (QED) is 0.570. The first-order valence-corrected chi connectivity index (χ1v) is 5.69. The molecule has 0 saturated heterocycles. The predicted octanol–water partition coefficient (Wildman–Crippen LogP) is 3.60. The van der Waals surface area contributed by atoms with Gasteiger partial charge in [-0.3, -0.25) is 4.79 Å².